The van der Waals surface area contributed by atoms with E-state index in [1.54, 1.807) is 16.8 Å². The van der Waals surface area contributed by atoms with Crippen LogP contribution in [0, 0.1) is 0 Å². The third-order valence-electron chi connectivity index (χ3n) is 1.63. The van der Waals surface area contributed by atoms with Gasteiger partial charge in [0.05, 0.1) is 12.5 Å². The lowest BCUT2D eigenvalue weighted by Crippen LogP contribution is -2.21. The lowest BCUT2D eigenvalue weighted by Gasteiger charge is -2.14. The second kappa shape index (κ2) is 4.36. The molecule has 0 amide bonds. The van der Waals surface area contributed by atoms with Gasteiger partial charge in [0, 0.05) is 0 Å². The van der Waals surface area contributed by atoms with Gasteiger partial charge in [-0.05, 0) is 22.4 Å². The van der Waals surface area contributed by atoms with Crippen LogP contribution in [0.25, 0.3) is 0 Å². The Morgan fingerprint density at radius 1 is 1.54 bits per heavy atom. The van der Waals surface area contributed by atoms with E-state index in [-0.39, 0.29) is 0 Å². The predicted molar refractivity (Wildman–Crippen MR) is 47.5 cm³/mol. The van der Waals surface area contributed by atoms with Crippen LogP contribution < -0.4 is 0 Å². The maximum Gasteiger partial charge on any atom is 0.306 e. The standard InChI is InChI=1S/C8H10O4S/c9-6(3-7(10)11)8(12)5-1-2-13-4-5/h1-2,4,6,8-9,12H,3H2,(H,10,11). The monoisotopic (exact) mass is 202 g/mol. The average molecular weight is 202 g/mol. The number of hydrogen-bond donors (Lipinski definition) is 3. The third kappa shape index (κ3) is 2.80. The highest BCUT2D eigenvalue weighted by Gasteiger charge is 2.20. The zero-order chi connectivity index (χ0) is 9.84. The van der Waals surface area contributed by atoms with E-state index < -0.39 is 24.6 Å². The highest BCUT2D eigenvalue weighted by Crippen LogP contribution is 2.20. The van der Waals surface area contributed by atoms with E-state index in [0.29, 0.717) is 5.56 Å². The fourth-order valence-electron chi connectivity index (χ4n) is 0.956. The van der Waals surface area contributed by atoms with E-state index >= 15 is 0 Å². The molecule has 3 N–H and O–H groups in total. The Balaban J connectivity index is 2.57. The van der Waals surface area contributed by atoms with Crippen molar-refractivity contribution < 1.29 is 20.1 Å². The summed E-state index contributed by atoms with van der Waals surface area (Å²) in [4.78, 5) is 10.2. The van der Waals surface area contributed by atoms with Gasteiger partial charge in [-0.25, -0.2) is 0 Å². The van der Waals surface area contributed by atoms with Crippen LogP contribution >= 0.6 is 11.3 Å². The molecule has 1 rings (SSSR count). The molecule has 1 aromatic rings. The predicted octanol–water partition coefficient (Wildman–Crippen LogP) is 0.617. The number of carboxylic acid groups (broad SMARTS) is 1. The quantitative estimate of drug-likeness (QED) is 0.668. The van der Waals surface area contributed by atoms with Crippen molar-refractivity contribution in [2.45, 2.75) is 18.6 Å². The zero-order valence-electron chi connectivity index (χ0n) is 6.75. The number of aliphatic carboxylic acids is 1. The summed E-state index contributed by atoms with van der Waals surface area (Å²) < 4.78 is 0. The summed E-state index contributed by atoms with van der Waals surface area (Å²) in [6.45, 7) is 0. The smallest absolute Gasteiger partial charge is 0.306 e. The molecule has 72 valence electrons. The molecule has 1 aromatic heterocycles. The van der Waals surface area contributed by atoms with Crippen molar-refractivity contribution in [3.8, 4) is 0 Å². The second-order valence-corrected chi connectivity index (χ2v) is 3.45. The first-order chi connectivity index (χ1) is 6.11. The average Bonchev–Trinajstić information content (AvgIpc) is 2.53. The molecular formula is C8H10O4S. The lowest BCUT2D eigenvalue weighted by atomic mass is 10.1. The maximum absolute atomic E-state index is 10.2. The summed E-state index contributed by atoms with van der Waals surface area (Å²) in [5.41, 5.74) is 0.554. The van der Waals surface area contributed by atoms with Crippen molar-refractivity contribution >= 4 is 17.3 Å². The van der Waals surface area contributed by atoms with Crippen LogP contribution in [0.15, 0.2) is 16.8 Å². The molecule has 2 atom stereocenters. The van der Waals surface area contributed by atoms with Crippen LogP contribution in [0.4, 0.5) is 0 Å². The summed E-state index contributed by atoms with van der Waals surface area (Å²) in [5, 5.41) is 30.4. The Morgan fingerprint density at radius 3 is 2.69 bits per heavy atom. The Labute approximate surface area is 79.1 Å². The number of thiophene rings is 1. The zero-order valence-corrected chi connectivity index (χ0v) is 7.57. The molecule has 1 heterocycles. The first-order valence-corrected chi connectivity index (χ1v) is 4.65. The second-order valence-electron chi connectivity index (χ2n) is 2.67. The topological polar surface area (TPSA) is 77.8 Å². The molecule has 0 aliphatic heterocycles. The molecule has 0 fully saturated rings. The number of carbonyl (C=O) groups is 1. The molecule has 0 aliphatic rings. The van der Waals surface area contributed by atoms with Gasteiger partial charge < -0.3 is 15.3 Å². The van der Waals surface area contributed by atoms with Crippen LogP contribution in [0.1, 0.15) is 18.1 Å². The van der Waals surface area contributed by atoms with Gasteiger partial charge in [-0.1, -0.05) is 0 Å². The summed E-state index contributed by atoms with van der Waals surface area (Å²) in [6, 6.07) is 1.65. The van der Waals surface area contributed by atoms with E-state index in [4.69, 9.17) is 5.11 Å². The van der Waals surface area contributed by atoms with E-state index in [2.05, 4.69) is 0 Å². The molecule has 0 bridgehead atoms. The van der Waals surface area contributed by atoms with Gasteiger partial charge in [-0.2, -0.15) is 11.3 Å². The van der Waals surface area contributed by atoms with E-state index in [1.807, 2.05) is 0 Å². The minimum Gasteiger partial charge on any atom is -0.481 e. The summed E-state index contributed by atoms with van der Waals surface area (Å²) in [5.74, 6) is -1.12. The summed E-state index contributed by atoms with van der Waals surface area (Å²) in [6.07, 6.45) is -2.80. The lowest BCUT2D eigenvalue weighted by molar-refractivity contribution is -0.141. The van der Waals surface area contributed by atoms with Crippen molar-refractivity contribution in [3.63, 3.8) is 0 Å². The molecule has 0 radical (unpaired) electrons. The molecule has 13 heavy (non-hydrogen) atoms. The number of aliphatic hydroxyl groups is 2. The molecule has 0 aromatic carbocycles. The Hall–Kier alpha value is -0.910. The minimum absolute atomic E-state index is 0.447. The van der Waals surface area contributed by atoms with Gasteiger partial charge in [0.2, 0.25) is 0 Å². The Morgan fingerprint density at radius 2 is 2.23 bits per heavy atom. The normalized spacial score (nSPS) is 15.2. The summed E-state index contributed by atoms with van der Waals surface area (Å²) >= 11 is 1.39. The SMILES string of the molecule is O=C(O)CC(O)C(O)c1ccsc1. The van der Waals surface area contributed by atoms with Crippen LogP contribution in [-0.2, 0) is 4.79 Å². The molecule has 2 unspecified atom stereocenters. The fraction of sp³-hybridized carbons (Fsp3) is 0.375. The van der Waals surface area contributed by atoms with Crippen molar-refractivity contribution in [2.75, 3.05) is 0 Å². The highest BCUT2D eigenvalue weighted by molar-refractivity contribution is 7.07. The van der Waals surface area contributed by atoms with Crippen LogP contribution in [0.3, 0.4) is 0 Å². The molecular weight excluding hydrogens is 192 g/mol. The van der Waals surface area contributed by atoms with Crippen molar-refractivity contribution in [1.82, 2.24) is 0 Å². The van der Waals surface area contributed by atoms with E-state index in [9.17, 15) is 15.0 Å². The molecule has 4 nitrogen and oxygen atoms in total. The Bertz CT molecular complexity index is 270. The van der Waals surface area contributed by atoms with E-state index in [1.165, 1.54) is 11.3 Å². The van der Waals surface area contributed by atoms with Gasteiger partial charge in [0.15, 0.2) is 0 Å². The maximum atomic E-state index is 10.2. The first kappa shape index (κ1) is 10.2. The van der Waals surface area contributed by atoms with Crippen molar-refractivity contribution in [2.24, 2.45) is 0 Å². The number of rotatable bonds is 4. The minimum atomic E-state index is -1.24. The molecule has 0 saturated heterocycles. The molecule has 0 aliphatic carbocycles. The van der Waals surface area contributed by atoms with Gasteiger partial charge in [-0.15, -0.1) is 0 Å². The number of hydrogen-bond acceptors (Lipinski definition) is 4. The van der Waals surface area contributed by atoms with Crippen molar-refractivity contribution in [1.29, 1.82) is 0 Å². The first-order valence-electron chi connectivity index (χ1n) is 3.71. The molecule has 0 saturated carbocycles. The Kier molecular flexibility index (Phi) is 3.41. The van der Waals surface area contributed by atoms with Crippen LogP contribution in [0.5, 0.6) is 0 Å². The summed E-state index contributed by atoms with van der Waals surface area (Å²) in [7, 11) is 0. The largest absolute Gasteiger partial charge is 0.481 e. The number of carboxylic acids is 1. The van der Waals surface area contributed by atoms with Crippen molar-refractivity contribution in [3.05, 3.63) is 22.4 Å². The highest BCUT2D eigenvalue weighted by atomic mass is 32.1. The van der Waals surface area contributed by atoms with Crippen LogP contribution in [-0.4, -0.2) is 27.4 Å². The molecule has 5 heteroatoms. The van der Waals surface area contributed by atoms with Gasteiger partial charge in [0.1, 0.15) is 6.10 Å². The molecule has 0 spiro atoms. The van der Waals surface area contributed by atoms with Gasteiger partial charge in [0.25, 0.3) is 0 Å². The number of aliphatic hydroxyl groups excluding tert-OH is 2. The van der Waals surface area contributed by atoms with Crippen LogP contribution in [0.2, 0.25) is 0 Å². The fourth-order valence-corrected chi connectivity index (χ4v) is 1.65. The third-order valence-corrected chi connectivity index (χ3v) is 2.33. The van der Waals surface area contributed by atoms with Gasteiger partial charge in [-0.3, -0.25) is 4.79 Å². The van der Waals surface area contributed by atoms with Gasteiger partial charge >= 0.3 is 5.97 Å². The van der Waals surface area contributed by atoms with E-state index in [0.717, 1.165) is 0 Å².